The summed E-state index contributed by atoms with van der Waals surface area (Å²) in [6, 6.07) is 11.8. The molecule has 0 unspecified atom stereocenters. The number of fused-ring (bicyclic) bond motifs is 6. The summed E-state index contributed by atoms with van der Waals surface area (Å²) < 4.78 is 10.5. The summed E-state index contributed by atoms with van der Waals surface area (Å²) in [5.74, 6) is 0.0169. The highest BCUT2D eigenvalue weighted by Crippen LogP contribution is 2.25. The van der Waals surface area contributed by atoms with Crippen molar-refractivity contribution in [3.63, 3.8) is 0 Å². The van der Waals surface area contributed by atoms with E-state index in [2.05, 4.69) is 34.4 Å². The van der Waals surface area contributed by atoms with Crippen LogP contribution in [0.3, 0.4) is 0 Å². The Morgan fingerprint density at radius 3 is 2.86 bits per heavy atom. The van der Waals surface area contributed by atoms with E-state index in [0.717, 1.165) is 25.2 Å². The third-order valence-corrected chi connectivity index (χ3v) is 7.20. The van der Waals surface area contributed by atoms with E-state index in [1.165, 1.54) is 11.1 Å². The Balaban J connectivity index is 1.37. The van der Waals surface area contributed by atoms with Crippen LogP contribution in [-0.4, -0.2) is 42.4 Å². The Kier molecular flexibility index (Phi) is 4.90. The summed E-state index contributed by atoms with van der Waals surface area (Å²) in [4.78, 5) is 37.3. The molecule has 186 valence electrons. The number of rotatable bonds is 2. The highest BCUT2D eigenvalue weighted by atomic mass is 16.4. The fourth-order valence-electron chi connectivity index (χ4n) is 5.31. The third-order valence-electron chi connectivity index (χ3n) is 7.20. The topological polar surface area (TPSA) is 103 Å². The molecule has 7 rings (SSSR count). The van der Waals surface area contributed by atoms with E-state index in [-0.39, 0.29) is 11.3 Å². The predicted molar refractivity (Wildman–Crippen MR) is 141 cm³/mol. The van der Waals surface area contributed by atoms with Crippen molar-refractivity contribution >= 4 is 33.8 Å². The van der Waals surface area contributed by atoms with Gasteiger partial charge >= 0.3 is 5.76 Å². The molecule has 0 fully saturated rings. The van der Waals surface area contributed by atoms with Crippen LogP contribution in [-0.2, 0) is 26.1 Å². The zero-order chi connectivity index (χ0) is 25.1. The molecule has 2 bridgehead atoms. The van der Waals surface area contributed by atoms with Gasteiger partial charge in [-0.25, -0.2) is 19.1 Å². The lowest BCUT2D eigenvalue weighted by molar-refractivity contribution is 0.313. The molecule has 0 amide bonds. The van der Waals surface area contributed by atoms with Gasteiger partial charge in [0.25, 0.3) is 5.56 Å². The lowest BCUT2D eigenvalue weighted by atomic mass is 9.99. The number of aromatic nitrogens is 5. The number of nitrogens with one attached hydrogen (secondary N) is 1. The first-order valence-electron chi connectivity index (χ1n) is 12.4. The van der Waals surface area contributed by atoms with Gasteiger partial charge in [0.15, 0.2) is 11.2 Å². The molecule has 0 radical (unpaired) electrons. The zero-order valence-electron chi connectivity index (χ0n) is 20.3. The summed E-state index contributed by atoms with van der Waals surface area (Å²) in [6.45, 7) is 2.84. The van der Waals surface area contributed by atoms with Crippen molar-refractivity contribution in [3.8, 4) is 5.69 Å². The van der Waals surface area contributed by atoms with Crippen LogP contribution < -0.4 is 16.6 Å². The predicted octanol–water partition coefficient (Wildman–Crippen LogP) is 3.18. The Labute approximate surface area is 211 Å². The minimum atomic E-state index is -0.389. The lowest BCUT2D eigenvalue weighted by Gasteiger charge is -2.25. The molecule has 0 spiro atoms. The monoisotopic (exact) mass is 495 g/mol. The van der Waals surface area contributed by atoms with Crippen molar-refractivity contribution in [1.29, 1.82) is 0 Å². The molecule has 10 heteroatoms. The SMILES string of the molecule is CN1CCc2ccc(Nc3ncc4c(=O)n5n(c4n3)-c3ccc4oc(=O)n(c4c3)CCC=CC5)cc2C1. The van der Waals surface area contributed by atoms with Crippen LogP contribution in [0.1, 0.15) is 17.5 Å². The number of anilines is 2. The van der Waals surface area contributed by atoms with Gasteiger partial charge in [0.1, 0.15) is 5.39 Å². The molecule has 3 aromatic heterocycles. The van der Waals surface area contributed by atoms with Crippen LogP contribution in [0.25, 0.3) is 27.8 Å². The van der Waals surface area contributed by atoms with Crippen molar-refractivity contribution in [3.05, 3.63) is 86.8 Å². The maximum absolute atomic E-state index is 13.4. The molecule has 1 N–H and O–H groups in total. The van der Waals surface area contributed by atoms with Crippen LogP contribution >= 0.6 is 0 Å². The molecule has 37 heavy (non-hydrogen) atoms. The van der Waals surface area contributed by atoms with E-state index in [0.29, 0.717) is 53.3 Å². The first kappa shape index (κ1) is 21.8. The second-order valence-electron chi connectivity index (χ2n) is 9.66. The fourth-order valence-corrected chi connectivity index (χ4v) is 5.31. The maximum Gasteiger partial charge on any atom is 0.419 e. The van der Waals surface area contributed by atoms with Gasteiger partial charge in [0, 0.05) is 31.5 Å². The van der Waals surface area contributed by atoms with Gasteiger partial charge in [0.05, 0.1) is 17.7 Å². The summed E-state index contributed by atoms with van der Waals surface area (Å²) >= 11 is 0. The Morgan fingerprint density at radius 2 is 1.95 bits per heavy atom. The number of nitrogens with zero attached hydrogens (tertiary/aromatic N) is 6. The minimum absolute atomic E-state index is 0.174. The largest absolute Gasteiger partial charge is 0.419 e. The summed E-state index contributed by atoms with van der Waals surface area (Å²) in [5.41, 5.74) is 5.79. The van der Waals surface area contributed by atoms with Gasteiger partial charge in [-0.2, -0.15) is 4.98 Å². The summed E-state index contributed by atoms with van der Waals surface area (Å²) in [7, 11) is 2.13. The summed E-state index contributed by atoms with van der Waals surface area (Å²) in [5, 5.41) is 3.75. The van der Waals surface area contributed by atoms with E-state index in [1.807, 2.05) is 30.4 Å². The van der Waals surface area contributed by atoms with Crippen LogP contribution in [0.4, 0.5) is 11.6 Å². The van der Waals surface area contributed by atoms with Gasteiger partial charge in [-0.1, -0.05) is 18.2 Å². The lowest BCUT2D eigenvalue weighted by Crippen LogP contribution is -2.26. The maximum atomic E-state index is 13.4. The number of allylic oxidation sites excluding steroid dienone is 2. The highest BCUT2D eigenvalue weighted by Gasteiger charge is 2.20. The first-order chi connectivity index (χ1) is 18.0. The number of hydrogen-bond donors (Lipinski definition) is 1. The first-order valence-corrected chi connectivity index (χ1v) is 12.4. The number of benzene rings is 2. The second kappa shape index (κ2) is 8.31. The smallest absolute Gasteiger partial charge is 0.408 e. The second-order valence-corrected chi connectivity index (χ2v) is 9.66. The standard InChI is InChI=1S/C27H25N7O3/c1-31-12-9-17-5-6-19(13-18(17)16-31)29-26-28-15-21-24(30-26)34-20-7-8-23-22(14-20)32(27(36)37-23)10-3-2-4-11-33(34)25(21)35/h2,4-8,13-15H,3,9-12,16H2,1H3,(H,28,29,30). The molecule has 2 aliphatic rings. The van der Waals surface area contributed by atoms with E-state index in [1.54, 1.807) is 26.2 Å². The quantitative estimate of drug-likeness (QED) is 0.375. The molecule has 0 saturated carbocycles. The van der Waals surface area contributed by atoms with E-state index >= 15 is 0 Å². The van der Waals surface area contributed by atoms with Crippen LogP contribution in [0, 0.1) is 0 Å². The normalized spacial score (nSPS) is 15.6. The fraction of sp³-hybridized carbons (Fsp3) is 0.259. The molecule has 0 atom stereocenters. The van der Waals surface area contributed by atoms with Gasteiger partial charge in [0.2, 0.25) is 5.95 Å². The third kappa shape index (κ3) is 3.60. The number of aryl methyl sites for hydroxylation is 1. The van der Waals surface area contributed by atoms with Crippen molar-refractivity contribution in [1.82, 2.24) is 28.8 Å². The molecule has 2 aromatic carbocycles. The van der Waals surface area contributed by atoms with Crippen molar-refractivity contribution < 1.29 is 4.42 Å². The average Bonchev–Trinajstić information content (AvgIpc) is 3.34. The molecular formula is C27H25N7O3. The van der Waals surface area contributed by atoms with E-state index < -0.39 is 0 Å². The Hall–Kier alpha value is -4.44. The van der Waals surface area contributed by atoms with Gasteiger partial charge in [-0.3, -0.25) is 9.36 Å². The van der Waals surface area contributed by atoms with Crippen molar-refractivity contribution in [2.24, 2.45) is 0 Å². The zero-order valence-corrected chi connectivity index (χ0v) is 20.3. The van der Waals surface area contributed by atoms with Crippen LogP contribution in [0.5, 0.6) is 0 Å². The van der Waals surface area contributed by atoms with Gasteiger partial charge in [-0.05, 0) is 61.3 Å². The molecule has 0 saturated heterocycles. The summed E-state index contributed by atoms with van der Waals surface area (Å²) in [6.07, 6.45) is 7.17. The molecule has 2 aliphatic heterocycles. The number of likely N-dealkylation sites (N-methyl/N-ethyl adjacent to an activating group) is 1. The van der Waals surface area contributed by atoms with Crippen LogP contribution in [0.15, 0.2) is 68.8 Å². The minimum Gasteiger partial charge on any atom is -0.408 e. The van der Waals surface area contributed by atoms with E-state index in [9.17, 15) is 9.59 Å². The molecule has 10 nitrogen and oxygen atoms in total. The van der Waals surface area contributed by atoms with Crippen molar-refractivity contribution in [2.45, 2.75) is 32.5 Å². The average molecular weight is 496 g/mol. The van der Waals surface area contributed by atoms with Gasteiger partial charge in [-0.15, -0.1) is 0 Å². The Bertz CT molecular complexity index is 1840. The van der Waals surface area contributed by atoms with Gasteiger partial charge < -0.3 is 14.6 Å². The molecule has 5 heterocycles. The highest BCUT2D eigenvalue weighted by molar-refractivity contribution is 5.80. The number of hydrogen-bond acceptors (Lipinski definition) is 7. The Morgan fingerprint density at radius 1 is 1.03 bits per heavy atom. The van der Waals surface area contributed by atoms with Crippen LogP contribution in [0.2, 0.25) is 0 Å². The molecular weight excluding hydrogens is 470 g/mol. The molecule has 0 aliphatic carbocycles. The number of oxazole rings is 1. The van der Waals surface area contributed by atoms with E-state index in [4.69, 9.17) is 9.40 Å². The van der Waals surface area contributed by atoms with Crippen molar-refractivity contribution in [2.75, 3.05) is 18.9 Å². The molecule has 5 aromatic rings.